The van der Waals surface area contributed by atoms with Crippen LogP contribution in [0, 0.1) is 0 Å². The Hall–Kier alpha value is -0.870. The van der Waals surface area contributed by atoms with Gasteiger partial charge in [0.25, 0.3) is 0 Å². The van der Waals surface area contributed by atoms with Gasteiger partial charge in [0.1, 0.15) is 0 Å². The molecule has 1 N–H and O–H groups in total. The van der Waals surface area contributed by atoms with Crippen molar-refractivity contribution < 1.29 is 4.74 Å². The molecule has 0 amide bonds. The molecule has 4 nitrogen and oxygen atoms in total. The zero-order valence-corrected chi connectivity index (χ0v) is 11.7. The number of aromatic nitrogens is 2. The van der Waals surface area contributed by atoms with E-state index in [1.165, 1.54) is 44.9 Å². The van der Waals surface area contributed by atoms with Gasteiger partial charge in [-0.1, -0.05) is 19.3 Å². The molecule has 1 aliphatic heterocycles. The predicted octanol–water partition coefficient (Wildman–Crippen LogP) is 2.66. The lowest BCUT2D eigenvalue weighted by atomic mass is 9.96. The van der Waals surface area contributed by atoms with E-state index in [4.69, 9.17) is 4.74 Å². The van der Waals surface area contributed by atoms with Gasteiger partial charge in [-0.2, -0.15) is 5.10 Å². The Morgan fingerprint density at radius 1 is 1.21 bits per heavy atom. The Morgan fingerprint density at radius 2 is 2.11 bits per heavy atom. The van der Waals surface area contributed by atoms with Gasteiger partial charge in [-0.25, -0.2) is 0 Å². The first-order chi connectivity index (χ1) is 9.42. The molecule has 1 aromatic rings. The maximum absolute atomic E-state index is 5.77. The molecule has 3 rings (SSSR count). The maximum atomic E-state index is 5.77. The maximum Gasteiger partial charge on any atom is 0.0907 e. The van der Waals surface area contributed by atoms with E-state index >= 15 is 0 Å². The zero-order chi connectivity index (χ0) is 12.9. The Labute approximate surface area is 115 Å². The van der Waals surface area contributed by atoms with Crippen LogP contribution in [-0.2, 0) is 11.3 Å². The average Bonchev–Trinajstić information content (AvgIpc) is 3.11. The first-order valence-corrected chi connectivity index (χ1v) is 7.77. The molecule has 19 heavy (non-hydrogen) atoms. The summed E-state index contributed by atoms with van der Waals surface area (Å²) < 4.78 is 7.92. The fourth-order valence-corrected chi connectivity index (χ4v) is 3.21. The number of nitrogens with zero attached hydrogens (tertiary/aromatic N) is 2. The summed E-state index contributed by atoms with van der Waals surface area (Å²) in [6, 6.07) is 3.29. The highest BCUT2D eigenvalue weighted by atomic mass is 16.5. The third-order valence-electron chi connectivity index (χ3n) is 4.34. The van der Waals surface area contributed by atoms with Crippen molar-refractivity contribution in [3.63, 3.8) is 0 Å². The van der Waals surface area contributed by atoms with Gasteiger partial charge in [-0.3, -0.25) is 4.68 Å². The lowest BCUT2D eigenvalue weighted by molar-refractivity contribution is 0.100. The summed E-state index contributed by atoms with van der Waals surface area (Å²) in [6.45, 7) is 2.61. The molecule has 0 spiro atoms. The van der Waals surface area contributed by atoms with Crippen molar-refractivity contribution in [1.82, 2.24) is 15.1 Å². The fourth-order valence-electron chi connectivity index (χ4n) is 3.21. The Morgan fingerprint density at radius 3 is 2.89 bits per heavy atom. The van der Waals surface area contributed by atoms with Gasteiger partial charge in [-0.05, 0) is 38.3 Å². The van der Waals surface area contributed by atoms with Crippen molar-refractivity contribution in [3.05, 3.63) is 18.0 Å². The van der Waals surface area contributed by atoms with Crippen LogP contribution in [0.1, 0.15) is 56.7 Å². The van der Waals surface area contributed by atoms with Crippen LogP contribution in [0.3, 0.4) is 0 Å². The second kappa shape index (κ2) is 6.53. The zero-order valence-electron chi connectivity index (χ0n) is 11.7. The largest absolute Gasteiger partial charge is 0.373 e. The molecule has 1 saturated heterocycles. The summed E-state index contributed by atoms with van der Waals surface area (Å²) in [5, 5.41) is 8.12. The summed E-state index contributed by atoms with van der Waals surface area (Å²) in [7, 11) is 0. The molecule has 4 heteroatoms. The lowest BCUT2D eigenvalue weighted by Crippen LogP contribution is -2.26. The smallest absolute Gasteiger partial charge is 0.0907 e. The Bertz CT molecular complexity index is 378. The topological polar surface area (TPSA) is 39.1 Å². The molecular weight excluding hydrogens is 238 g/mol. The van der Waals surface area contributed by atoms with Crippen molar-refractivity contribution in [3.8, 4) is 0 Å². The van der Waals surface area contributed by atoms with Crippen LogP contribution < -0.4 is 5.32 Å². The minimum Gasteiger partial charge on any atom is -0.373 e. The van der Waals surface area contributed by atoms with Crippen LogP contribution in [0.2, 0.25) is 0 Å². The number of hydrogen-bond acceptors (Lipinski definition) is 3. The summed E-state index contributed by atoms with van der Waals surface area (Å²) in [5.74, 6) is 0. The first-order valence-electron chi connectivity index (χ1n) is 7.77. The van der Waals surface area contributed by atoms with E-state index in [9.17, 15) is 0 Å². The van der Waals surface area contributed by atoms with E-state index in [-0.39, 0.29) is 0 Å². The van der Waals surface area contributed by atoms with Crippen LogP contribution in [-0.4, -0.2) is 29.0 Å². The highest BCUT2D eigenvalue weighted by Crippen LogP contribution is 2.27. The molecule has 2 heterocycles. The Kier molecular flexibility index (Phi) is 4.51. The second-order valence-electron chi connectivity index (χ2n) is 5.89. The van der Waals surface area contributed by atoms with Crippen molar-refractivity contribution in [2.24, 2.45) is 0 Å². The molecule has 106 valence electrons. The highest BCUT2D eigenvalue weighted by Gasteiger charge is 2.16. The molecule has 1 unspecified atom stereocenters. The van der Waals surface area contributed by atoms with Gasteiger partial charge in [-0.15, -0.1) is 0 Å². The molecule has 2 aliphatic rings. The molecular formula is C15H25N3O. The van der Waals surface area contributed by atoms with Crippen LogP contribution in [0.15, 0.2) is 12.3 Å². The molecule has 2 fully saturated rings. The van der Waals surface area contributed by atoms with E-state index < -0.39 is 0 Å². The molecule has 1 aromatic heterocycles. The van der Waals surface area contributed by atoms with E-state index in [0.717, 1.165) is 18.8 Å². The first kappa shape index (κ1) is 13.1. The van der Waals surface area contributed by atoms with E-state index in [2.05, 4.69) is 27.4 Å². The van der Waals surface area contributed by atoms with Crippen LogP contribution >= 0.6 is 0 Å². The standard InChI is InChI=1S/C15H25N3O/c1-2-6-15(7-3-1)18-10-8-14(17-18)12-19-11-13-5-4-9-16-13/h8,10,13,15-16H,1-7,9,11-12H2. The van der Waals surface area contributed by atoms with Crippen molar-refractivity contribution in [1.29, 1.82) is 0 Å². The predicted molar refractivity (Wildman–Crippen MR) is 75.0 cm³/mol. The molecule has 0 aromatic carbocycles. The van der Waals surface area contributed by atoms with E-state index in [1.807, 2.05) is 0 Å². The summed E-state index contributed by atoms with van der Waals surface area (Å²) in [6.07, 6.45) is 11.3. The normalized spacial score (nSPS) is 24.9. The van der Waals surface area contributed by atoms with Gasteiger partial charge < -0.3 is 10.1 Å². The molecule has 0 radical (unpaired) electrons. The van der Waals surface area contributed by atoms with Crippen molar-refractivity contribution >= 4 is 0 Å². The minimum absolute atomic E-state index is 0.556. The number of ether oxygens (including phenoxy) is 1. The summed E-state index contributed by atoms with van der Waals surface area (Å²) >= 11 is 0. The fraction of sp³-hybridized carbons (Fsp3) is 0.800. The number of hydrogen-bond donors (Lipinski definition) is 1. The van der Waals surface area contributed by atoms with Gasteiger partial charge in [0.2, 0.25) is 0 Å². The van der Waals surface area contributed by atoms with Crippen LogP contribution in [0.5, 0.6) is 0 Å². The summed E-state index contributed by atoms with van der Waals surface area (Å²) in [5.41, 5.74) is 1.07. The highest BCUT2D eigenvalue weighted by molar-refractivity contribution is 4.98. The van der Waals surface area contributed by atoms with Crippen molar-refractivity contribution in [2.45, 2.75) is 63.6 Å². The average molecular weight is 263 g/mol. The third-order valence-corrected chi connectivity index (χ3v) is 4.34. The molecule has 1 saturated carbocycles. The molecule has 1 aliphatic carbocycles. The van der Waals surface area contributed by atoms with Crippen LogP contribution in [0.4, 0.5) is 0 Å². The van der Waals surface area contributed by atoms with Gasteiger partial charge >= 0.3 is 0 Å². The minimum atomic E-state index is 0.556. The Balaban J connectivity index is 1.44. The van der Waals surface area contributed by atoms with Gasteiger partial charge in [0.15, 0.2) is 0 Å². The number of rotatable bonds is 5. The molecule has 1 atom stereocenters. The second-order valence-corrected chi connectivity index (χ2v) is 5.89. The summed E-state index contributed by atoms with van der Waals surface area (Å²) in [4.78, 5) is 0. The van der Waals surface area contributed by atoms with Gasteiger partial charge in [0, 0.05) is 12.2 Å². The SMILES string of the molecule is c1cn(C2CCCCC2)nc1COCC1CCCN1. The van der Waals surface area contributed by atoms with Crippen LogP contribution in [0.25, 0.3) is 0 Å². The quantitative estimate of drug-likeness (QED) is 0.887. The lowest BCUT2D eigenvalue weighted by Gasteiger charge is -2.21. The molecule has 0 bridgehead atoms. The van der Waals surface area contributed by atoms with E-state index in [0.29, 0.717) is 18.7 Å². The van der Waals surface area contributed by atoms with E-state index in [1.54, 1.807) is 0 Å². The van der Waals surface area contributed by atoms with Gasteiger partial charge in [0.05, 0.1) is 24.9 Å². The van der Waals surface area contributed by atoms with Crippen molar-refractivity contribution in [2.75, 3.05) is 13.2 Å². The third kappa shape index (κ3) is 3.57. The number of nitrogens with one attached hydrogen (secondary N) is 1. The monoisotopic (exact) mass is 263 g/mol.